The minimum Gasteiger partial charge on any atom is -0.327 e. The van der Waals surface area contributed by atoms with Crippen LogP contribution in [0.1, 0.15) is 44.0 Å². The van der Waals surface area contributed by atoms with Crippen molar-refractivity contribution in [1.82, 2.24) is 4.98 Å². The summed E-state index contributed by atoms with van der Waals surface area (Å²) in [5.41, 5.74) is 6.03. The molecule has 0 aliphatic heterocycles. The Labute approximate surface area is 101 Å². The molecule has 0 radical (unpaired) electrons. The Hall–Kier alpha value is -1.29. The van der Waals surface area contributed by atoms with Crippen LogP contribution in [0.3, 0.4) is 0 Å². The molecule has 17 heavy (non-hydrogen) atoms. The van der Waals surface area contributed by atoms with Gasteiger partial charge in [0.25, 0.3) is 0 Å². The lowest BCUT2D eigenvalue weighted by Crippen LogP contribution is -2.29. The molecule has 1 unspecified atom stereocenters. The van der Waals surface area contributed by atoms with Crippen LogP contribution in [0.5, 0.6) is 0 Å². The maximum absolute atomic E-state index is 13.3. The molecule has 0 amide bonds. The molecule has 4 heteroatoms. The van der Waals surface area contributed by atoms with Crippen LogP contribution >= 0.6 is 0 Å². The van der Waals surface area contributed by atoms with Crippen LogP contribution in [0.2, 0.25) is 0 Å². The summed E-state index contributed by atoms with van der Waals surface area (Å²) in [6, 6.07) is 1.15. The summed E-state index contributed by atoms with van der Waals surface area (Å²) >= 11 is 0. The third-order valence-electron chi connectivity index (χ3n) is 2.40. The average Bonchev–Trinajstić information content (AvgIpc) is 2.14. The molecular weight excluding hydrogens is 219 g/mol. The van der Waals surface area contributed by atoms with Crippen molar-refractivity contribution in [2.75, 3.05) is 0 Å². The van der Waals surface area contributed by atoms with Crippen molar-refractivity contribution in [3.8, 4) is 0 Å². The highest BCUT2D eigenvalue weighted by Crippen LogP contribution is 2.22. The molecule has 0 saturated carbocycles. The van der Waals surface area contributed by atoms with Gasteiger partial charge in [0.15, 0.2) is 11.6 Å². The Morgan fingerprint density at radius 3 is 2.71 bits per heavy atom. The molecule has 0 aliphatic rings. The second-order valence-electron chi connectivity index (χ2n) is 5.51. The highest BCUT2D eigenvalue weighted by molar-refractivity contribution is 5.96. The largest absolute Gasteiger partial charge is 0.327 e. The van der Waals surface area contributed by atoms with E-state index in [1.807, 2.05) is 0 Å². The van der Waals surface area contributed by atoms with Crippen LogP contribution in [0.4, 0.5) is 4.39 Å². The number of ketones is 1. The van der Waals surface area contributed by atoms with Crippen molar-refractivity contribution in [3.05, 3.63) is 29.8 Å². The van der Waals surface area contributed by atoms with Gasteiger partial charge in [-0.1, -0.05) is 20.8 Å². The number of carbonyl (C=O) groups is 1. The Morgan fingerprint density at radius 2 is 2.18 bits per heavy atom. The molecule has 94 valence electrons. The Kier molecular flexibility index (Phi) is 4.34. The van der Waals surface area contributed by atoms with Crippen molar-refractivity contribution in [1.29, 1.82) is 0 Å². The summed E-state index contributed by atoms with van der Waals surface area (Å²) in [5.74, 6) is -0.845. The molecule has 0 bridgehead atoms. The van der Waals surface area contributed by atoms with E-state index in [4.69, 9.17) is 5.73 Å². The third-order valence-corrected chi connectivity index (χ3v) is 2.40. The van der Waals surface area contributed by atoms with Gasteiger partial charge < -0.3 is 5.73 Å². The Bertz CT molecular complexity index is 399. The van der Waals surface area contributed by atoms with E-state index in [2.05, 4.69) is 25.8 Å². The van der Waals surface area contributed by atoms with Crippen molar-refractivity contribution in [3.63, 3.8) is 0 Å². The van der Waals surface area contributed by atoms with Crippen molar-refractivity contribution in [2.45, 2.75) is 39.7 Å². The fourth-order valence-corrected chi connectivity index (χ4v) is 1.81. The Morgan fingerprint density at radius 1 is 1.53 bits per heavy atom. The van der Waals surface area contributed by atoms with Gasteiger partial charge in [-0.15, -0.1) is 0 Å². The SMILES string of the molecule is CC(C)(C)CC(N)CC(=O)c1ccncc1F. The van der Waals surface area contributed by atoms with Crippen LogP contribution in [0.25, 0.3) is 0 Å². The molecule has 1 aromatic heterocycles. The summed E-state index contributed by atoms with van der Waals surface area (Å²) in [7, 11) is 0. The molecule has 1 heterocycles. The fourth-order valence-electron chi connectivity index (χ4n) is 1.81. The maximum Gasteiger partial charge on any atom is 0.167 e. The molecule has 1 aromatic rings. The predicted molar refractivity (Wildman–Crippen MR) is 65.2 cm³/mol. The molecular formula is C13H19FN2O. The summed E-state index contributed by atoms with van der Waals surface area (Å²) in [4.78, 5) is 15.4. The second-order valence-corrected chi connectivity index (χ2v) is 5.51. The highest BCUT2D eigenvalue weighted by Gasteiger charge is 2.20. The molecule has 0 aromatic carbocycles. The quantitative estimate of drug-likeness (QED) is 0.820. The van der Waals surface area contributed by atoms with Crippen LogP contribution < -0.4 is 5.73 Å². The van der Waals surface area contributed by atoms with Gasteiger partial charge in [-0.25, -0.2) is 4.39 Å². The van der Waals surface area contributed by atoms with Crippen LogP contribution in [0.15, 0.2) is 18.5 Å². The summed E-state index contributed by atoms with van der Waals surface area (Å²) in [5, 5.41) is 0. The highest BCUT2D eigenvalue weighted by atomic mass is 19.1. The second kappa shape index (κ2) is 5.36. The number of carbonyl (C=O) groups excluding carboxylic acids is 1. The van der Waals surface area contributed by atoms with E-state index in [0.29, 0.717) is 0 Å². The van der Waals surface area contributed by atoms with Crippen LogP contribution in [-0.2, 0) is 0 Å². The maximum atomic E-state index is 13.3. The predicted octanol–water partition coefficient (Wildman–Crippen LogP) is 2.56. The lowest BCUT2D eigenvalue weighted by molar-refractivity contribution is 0.0964. The van der Waals surface area contributed by atoms with Gasteiger partial charge in [0.05, 0.1) is 11.8 Å². The van der Waals surface area contributed by atoms with E-state index in [1.54, 1.807) is 0 Å². The molecule has 0 fully saturated rings. The van der Waals surface area contributed by atoms with Gasteiger partial charge in [0.1, 0.15) is 0 Å². The number of pyridine rings is 1. The monoisotopic (exact) mass is 238 g/mol. The van der Waals surface area contributed by atoms with E-state index in [0.717, 1.165) is 12.6 Å². The molecule has 2 N–H and O–H groups in total. The Balaban J connectivity index is 2.64. The normalized spacial score (nSPS) is 13.5. The van der Waals surface area contributed by atoms with Crippen LogP contribution in [0, 0.1) is 11.2 Å². The number of hydrogen-bond donors (Lipinski definition) is 1. The first kappa shape index (κ1) is 13.8. The number of halogens is 1. The lowest BCUT2D eigenvalue weighted by Gasteiger charge is -2.22. The average molecular weight is 238 g/mol. The topological polar surface area (TPSA) is 56.0 Å². The van der Waals surface area contributed by atoms with Crippen molar-refractivity contribution in [2.24, 2.45) is 11.1 Å². The number of nitrogens with zero attached hydrogens (tertiary/aromatic N) is 1. The molecule has 0 saturated heterocycles. The first-order valence-corrected chi connectivity index (χ1v) is 5.68. The van der Waals surface area contributed by atoms with Gasteiger partial charge >= 0.3 is 0 Å². The number of nitrogens with two attached hydrogens (primary N) is 1. The number of hydrogen-bond acceptors (Lipinski definition) is 3. The van der Waals surface area contributed by atoms with Crippen molar-refractivity contribution >= 4 is 5.78 Å². The number of aromatic nitrogens is 1. The summed E-state index contributed by atoms with van der Waals surface area (Å²) in [6.45, 7) is 6.18. The first-order valence-electron chi connectivity index (χ1n) is 5.68. The van der Waals surface area contributed by atoms with E-state index >= 15 is 0 Å². The molecule has 3 nitrogen and oxygen atoms in total. The van der Waals surface area contributed by atoms with Gasteiger partial charge in [0, 0.05) is 18.7 Å². The summed E-state index contributed by atoms with van der Waals surface area (Å²) in [6.07, 6.45) is 3.34. The van der Waals surface area contributed by atoms with E-state index in [-0.39, 0.29) is 29.2 Å². The molecule has 1 rings (SSSR count). The minimum absolute atomic E-state index is 0.0660. The van der Waals surface area contributed by atoms with E-state index in [9.17, 15) is 9.18 Å². The number of Topliss-reactive ketones (excluding diaryl/α,β-unsaturated/α-hetero) is 1. The van der Waals surface area contributed by atoms with Gasteiger partial charge in [-0.3, -0.25) is 9.78 Å². The zero-order valence-corrected chi connectivity index (χ0v) is 10.5. The van der Waals surface area contributed by atoms with E-state index < -0.39 is 5.82 Å². The van der Waals surface area contributed by atoms with Gasteiger partial charge in [-0.2, -0.15) is 0 Å². The number of rotatable bonds is 4. The van der Waals surface area contributed by atoms with Crippen molar-refractivity contribution < 1.29 is 9.18 Å². The summed E-state index contributed by atoms with van der Waals surface area (Å²) < 4.78 is 13.3. The van der Waals surface area contributed by atoms with Gasteiger partial charge in [0.2, 0.25) is 0 Å². The van der Waals surface area contributed by atoms with Gasteiger partial charge in [-0.05, 0) is 17.9 Å². The zero-order chi connectivity index (χ0) is 13.1. The smallest absolute Gasteiger partial charge is 0.167 e. The molecule has 1 atom stereocenters. The van der Waals surface area contributed by atoms with E-state index in [1.165, 1.54) is 12.3 Å². The lowest BCUT2D eigenvalue weighted by atomic mass is 9.86. The fraction of sp³-hybridized carbons (Fsp3) is 0.538. The first-order chi connectivity index (χ1) is 7.79. The zero-order valence-electron chi connectivity index (χ0n) is 10.5. The molecule has 0 aliphatic carbocycles. The minimum atomic E-state index is -0.583. The molecule has 0 spiro atoms. The third kappa shape index (κ3) is 4.61. The standard InChI is InChI=1S/C13H19FN2O/c1-13(2,3)7-9(15)6-12(17)10-4-5-16-8-11(10)14/h4-5,8-9H,6-7,15H2,1-3H3. The van der Waals surface area contributed by atoms with Crippen LogP contribution in [-0.4, -0.2) is 16.8 Å².